The molecule has 1 N–H and O–H groups in total. The van der Waals surface area contributed by atoms with Gasteiger partial charge in [-0.15, -0.1) is 12.2 Å². The van der Waals surface area contributed by atoms with Crippen LogP contribution in [-0.4, -0.2) is 29.1 Å². The zero-order chi connectivity index (χ0) is 14.6. The van der Waals surface area contributed by atoms with Crippen molar-refractivity contribution in [1.82, 2.24) is 0 Å². The number of Topliss-reactive ketones (excluding diaryl/α,β-unsaturated/α-hetero) is 1. The molecule has 0 aromatic rings. The Morgan fingerprint density at radius 2 is 1.28 bits per heavy atom. The summed E-state index contributed by atoms with van der Waals surface area (Å²) in [5.41, 5.74) is 0. The molecule has 0 saturated heterocycles. The second-order valence-corrected chi connectivity index (χ2v) is 4.01. The van der Waals surface area contributed by atoms with Gasteiger partial charge in [0.05, 0.1) is 0 Å². The van der Waals surface area contributed by atoms with E-state index in [1.54, 1.807) is 34.6 Å². The van der Waals surface area contributed by atoms with Crippen LogP contribution in [0.3, 0.4) is 0 Å². The summed E-state index contributed by atoms with van der Waals surface area (Å²) < 4.78 is 0. The van der Waals surface area contributed by atoms with Gasteiger partial charge in [-0.05, 0) is 13.3 Å². The summed E-state index contributed by atoms with van der Waals surface area (Å²) in [5.74, 6) is -2.10. The Morgan fingerprint density at radius 1 is 1.06 bits per heavy atom. The Labute approximate surface area is 124 Å². The molecule has 0 aromatic heterocycles. The first-order chi connectivity index (χ1) is 7.56. The topological polar surface area (TPSA) is 100 Å². The molecule has 106 valence electrons. The van der Waals surface area contributed by atoms with E-state index in [2.05, 4.69) is 0 Å². The molecule has 5 nitrogen and oxygen atoms in total. The number of ketones is 1. The van der Waals surface area contributed by atoms with Gasteiger partial charge in [0.1, 0.15) is 11.7 Å². The van der Waals surface area contributed by atoms with Gasteiger partial charge in [-0.1, -0.05) is 34.6 Å². The molecule has 0 rings (SSSR count). The van der Waals surface area contributed by atoms with E-state index in [-0.39, 0.29) is 27.5 Å². The molecule has 0 aliphatic heterocycles. The van der Waals surface area contributed by atoms with Crippen LogP contribution in [0.5, 0.6) is 0 Å². The maximum Gasteiger partial charge on any atom is 2.00 e. The van der Waals surface area contributed by atoms with Crippen LogP contribution >= 0.6 is 0 Å². The number of aliphatic carboxylic acids is 1. The maximum absolute atomic E-state index is 10.4. The summed E-state index contributed by atoms with van der Waals surface area (Å²) in [6, 6.07) is 0. The quantitative estimate of drug-likeness (QED) is 0.592. The number of carboxylic acids is 1. The number of hydrogen-bond donors (Lipinski definition) is 1. The van der Waals surface area contributed by atoms with Crippen LogP contribution in [0.2, 0.25) is 0 Å². The summed E-state index contributed by atoms with van der Waals surface area (Å²) >= 11 is 0. The summed E-state index contributed by atoms with van der Waals surface area (Å²) in [4.78, 5) is 20.6. The van der Waals surface area contributed by atoms with Crippen molar-refractivity contribution in [3.05, 3.63) is 0 Å². The average Bonchev–Trinajstić information content (AvgIpc) is 2.00. The van der Waals surface area contributed by atoms with Crippen LogP contribution in [-0.2, 0) is 31.3 Å². The van der Waals surface area contributed by atoms with Gasteiger partial charge >= 0.3 is 27.7 Å². The van der Waals surface area contributed by atoms with Crippen LogP contribution in [0.1, 0.15) is 48.0 Å². The van der Waals surface area contributed by atoms with Crippen molar-refractivity contribution in [2.24, 2.45) is 5.92 Å². The zero-order valence-corrected chi connectivity index (χ0v) is 13.6. The van der Waals surface area contributed by atoms with Crippen molar-refractivity contribution in [1.29, 1.82) is 0 Å². The molecule has 18 heavy (non-hydrogen) atoms. The van der Waals surface area contributed by atoms with Gasteiger partial charge in [-0.2, -0.15) is 0 Å². The van der Waals surface area contributed by atoms with E-state index < -0.39 is 24.1 Å². The van der Waals surface area contributed by atoms with Gasteiger partial charge < -0.3 is 15.3 Å². The standard InChI is InChI=1S/C6H10O3.2C3H7O.Ti/c1-3-5(4(2)7)6(8)9;2*1-3(2)4;/h5H,3H2,1-2H3,(H,8,9);2*3H,1-2H3;/q;2*-1;+2. The second kappa shape index (κ2) is 16.8. The predicted octanol–water partition coefficient (Wildman–Crippen LogP) is 0.194. The Morgan fingerprint density at radius 3 is 1.28 bits per heavy atom. The first-order valence-electron chi connectivity index (χ1n) is 5.61. The fourth-order valence-corrected chi connectivity index (χ4v) is 0.636. The van der Waals surface area contributed by atoms with E-state index in [0.29, 0.717) is 6.42 Å². The molecule has 0 aliphatic carbocycles. The molecule has 1 atom stereocenters. The third-order valence-corrected chi connectivity index (χ3v) is 1.20. The monoisotopic (exact) mass is 296 g/mol. The number of hydrogen-bond acceptors (Lipinski definition) is 4. The van der Waals surface area contributed by atoms with Gasteiger partial charge in [-0.25, -0.2) is 0 Å². The number of carbonyl (C=O) groups excluding carboxylic acids is 1. The van der Waals surface area contributed by atoms with E-state index in [1.807, 2.05) is 0 Å². The van der Waals surface area contributed by atoms with Crippen LogP contribution in [0.4, 0.5) is 0 Å². The number of rotatable bonds is 3. The molecule has 0 bridgehead atoms. The minimum atomic E-state index is -1.02. The van der Waals surface area contributed by atoms with E-state index in [1.165, 1.54) is 6.92 Å². The minimum absolute atomic E-state index is 0. The summed E-state index contributed by atoms with van der Waals surface area (Å²) in [6.07, 6.45) is -0.454. The van der Waals surface area contributed by atoms with Crippen molar-refractivity contribution in [3.63, 3.8) is 0 Å². The van der Waals surface area contributed by atoms with Crippen LogP contribution in [0.15, 0.2) is 0 Å². The molecule has 0 spiro atoms. The van der Waals surface area contributed by atoms with Crippen LogP contribution in [0, 0.1) is 5.92 Å². The fourth-order valence-electron chi connectivity index (χ4n) is 0.636. The Bertz CT molecular complexity index is 179. The third kappa shape index (κ3) is 36.0. The molecule has 0 aliphatic rings. The summed E-state index contributed by atoms with van der Waals surface area (Å²) in [6.45, 7) is 9.42. The second-order valence-electron chi connectivity index (χ2n) is 4.01. The number of carbonyl (C=O) groups is 2. The summed E-state index contributed by atoms with van der Waals surface area (Å²) in [7, 11) is 0. The van der Waals surface area contributed by atoms with E-state index in [4.69, 9.17) is 5.11 Å². The third-order valence-electron chi connectivity index (χ3n) is 1.20. The van der Waals surface area contributed by atoms with Crippen molar-refractivity contribution in [2.45, 2.75) is 60.2 Å². The van der Waals surface area contributed by atoms with Crippen molar-refractivity contribution in [2.75, 3.05) is 0 Å². The van der Waals surface area contributed by atoms with Gasteiger partial charge in [0.25, 0.3) is 0 Å². The van der Waals surface area contributed by atoms with Crippen LogP contribution in [0.25, 0.3) is 0 Å². The molecule has 0 heterocycles. The molecule has 0 radical (unpaired) electrons. The minimum Gasteiger partial charge on any atom is -0.852 e. The molecule has 0 fully saturated rings. The number of carboxylic acid groups (broad SMARTS) is 1. The zero-order valence-electron chi connectivity index (χ0n) is 12.0. The molecular weight excluding hydrogens is 272 g/mol. The Balaban J connectivity index is -0.0000000922. The van der Waals surface area contributed by atoms with Crippen molar-refractivity contribution in [3.8, 4) is 0 Å². The normalized spacial score (nSPS) is 10.3. The van der Waals surface area contributed by atoms with Gasteiger partial charge in [0, 0.05) is 0 Å². The first-order valence-corrected chi connectivity index (χ1v) is 5.61. The average molecular weight is 296 g/mol. The molecule has 0 amide bonds. The van der Waals surface area contributed by atoms with Gasteiger partial charge in [-0.3, -0.25) is 9.59 Å². The SMILES string of the molecule is CC(C)[O-].CC(C)[O-].CCC(C(C)=O)C(=O)O.[Ti+2]. The van der Waals surface area contributed by atoms with E-state index in [9.17, 15) is 19.8 Å². The molecule has 6 heteroatoms. The van der Waals surface area contributed by atoms with Gasteiger partial charge in [0.15, 0.2) is 0 Å². The molecule has 0 saturated carbocycles. The largest absolute Gasteiger partial charge is 2.00 e. The maximum atomic E-state index is 10.4. The molecule has 0 aromatic carbocycles. The first kappa shape index (κ1) is 26.4. The Hall–Kier alpha value is -0.226. The predicted molar refractivity (Wildman–Crippen MR) is 62.4 cm³/mol. The van der Waals surface area contributed by atoms with E-state index >= 15 is 0 Å². The Kier molecular flexibility index (Phi) is 24.6. The molecular formula is C12H24O5Ti. The van der Waals surface area contributed by atoms with E-state index in [0.717, 1.165) is 0 Å². The smallest absolute Gasteiger partial charge is 0.852 e. The van der Waals surface area contributed by atoms with Crippen LogP contribution < -0.4 is 10.2 Å². The van der Waals surface area contributed by atoms with Gasteiger partial charge in [0.2, 0.25) is 0 Å². The molecule has 1 unspecified atom stereocenters. The summed E-state index contributed by atoms with van der Waals surface area (Å²) in [5, 5.41) is 27.4. The fraction of sp³-hybridized carbons (Fsp3) is 0.833. The van der Waals surface area contributed by atoms with Crippen molar-refractivity contribution < 1.29 is 46.6 Å². The van der Waals surface area contributed by atoms with Crippen molar-refractivity contribution >= 4 is 11.8 Å².